The molecule has 0 atom stereocenters. The molecule has 2 N–H and O–H groups in total. The van der Waals surface area contributed by atoms with Crippen LogP contribution in [0.4, 0.5) is 18.9 Å². The van der Waals surface area contributed by atoms with E-state index in [1.165, 1.54) is 13.8 Å². The SMILES string of the molecule is CC(C)(Nc1cc(F)c(F)c(F)c1)C(=O)O. The van der Waals surface area contributed by atoms with Gasteiger partial charge in [0.05, 0.1) is 0 Å². The van der Waals surface area contributed by atoms with Crippen LogP contribution in [0.1, 0.15) is 13.8 Å². The van der Waals surface area contributed by atoms with Gasteiger partial charge in [-0.3, -0.25) is 0 Å². The third-order valence-electron chi connectivity index (χ3n) is 1.98. The summed E-state index contributed by atoms with van der Waals surface area (Å²) in [6.45, 7) is 2.63. The second-order valence-corrected chi connectivity index (χ2v) is 3.81. The van der Waals surface area contributed by atoms with Crippen LogP contribution in [-0.4, -0.2) is 16.6 Å². The summed E-state index contributed by atoms with van der Waals surface area (Å²) in [5.41, 5.74) is -1.54. The number of benzene rings is 1. The van der Waals surface area contributed by atoms with Crippen molar-refractivity contribution in [2.24, 2.45) is 0 Å². The van der Waals surface area contributed by atoms with Crippen molar-refractivity contribution in [2.75, 3.05) is 5.32 Å². The van der Waals surface area contributed by atoms with E-state index in [1.54, 1.807) is 0 Å². The van der Waals surface area contributed by atoms with Crippen molar-refractivity contribution in [2.45, 2.75) is 19.4 Å². The Balaban J connectivity index is 3.04. The zero-order valence-corrected chi connectivity index (χ0v) is 8.64. The van der Waals surface area contributed by atoms with Crippen molar-refractivity contribution in [1.29, 1.82) is 0 Å². The molecule has 0 aliphatic heterocycles. The van der Waals surface area contributed by atoms with Crippen LogP contribution in [0.2, 0.25) is 0 Å². The number of anilines is 1. The van der Waals surface area contributed by atoms with Crippen LogP contribution < -0.4 is 5.32 Å². The number of nitrogens with one attached hydrogen (secondary N) is 1. The van der Waals surface area contributed by atoms with Gasteiger partial charge in [0, 0.05) is 17.8 Å². The van der Waals surface area contributed by atoms with Crippen LogP contribution in [0.3, 0.4) is 0 Å². The molecule has 1 aromatic carbocycles. The van der Waals surface area contributed by atoms with Crippen molar-refractivity contribution in [3.05, 3.63) is 29.6 Å². The zero-order valence-electron chi connectivity index (χ0n) is 8.64. The molecule has 0 amide bonds. The highest BCUT2D eigenvalue weighted by molar-refractivity contribution is 5.81. The number of carboxylic acid groups (broad SMARTS) is 1. The van der Waals surface area contributed by atoms with E-state index in [2.05, 4.69) is 5.32 Å². The van der Waals surface area contributed by atoms with E-state index < -0.39 is 29.0 Å². The second kappa shape index (κ2) is 4.03. The Bertz CT molecular complexity index is 409. The van der Waals surface area contributed by atoms with E-state index in [1.807, 2.05) is 0 Å². The first-order chi connectivity index (χ1) is 7.24. The maximum Gasteiger partial charge on any atom is 0.328 e. The first-order valence-electron chi connectivity index (χ1n) is 4.40. The van der Waals surface area contributed by atoms with Crippen LogP contribution in [0.5, 0.6) is 0 Å². The predicted molar refractivity (Wildman–Crippen MR) is 51.7 cm³/mol. The van der Waals surface area contributed by atoms with Gasteiger partial charge in [0.25, 0.3) is 0 Å². The molecule has 0 aliphatic rings. The molecule has 0 bridgehead atoms. The minimum absolute atomic E-state index is 0.135. The number of aliphatic carboxylic acids is 1. The third-order valence-corrected chi connectivity index (χ3v) is 1.98. The van der Waals surface area contributed by atoms with Gasteiger partial charge in [-0.25, -0.2) is 18.0 Å². The van der Waals surface area contributed by atoms with Gasteiger partial charge in [-0.1, -0.05) is 0 Å². The molecule has 0 heterocycles. The van der Waals surface area contributed by atoms with Crippen LogP contribution in [0, 0.1) is 17.5 Å². The lowest BCUT2D eigenvalue weighted by molar-refractivity contribution is -0.141. The van der Waals surface area contributed by atoms with Crippen LogP contribution in [-0.2, 0) is 4.79 Å². The zero-order chi connectivity index (χ0) is 12.5. The Morgan fingerprint density at radius 1 is 1.25 bits per heavy atom. The number of carbonyl (C=O) groups is 1. The quantitative estimate of drug-likeness (QED) is 0.788. The summed E-state index contributed by atoms with van der Waals surface area (Å²) in [6, 6.07) is 1.40. The lowest BCUT2D eigenvalue weighted by Crippen LogP contribution is -2.40. The fourth-order valence-corrected chi connectivity index (χ4v) is 1.04. The summed E-state index contributed by atoms with van der Waals surface area (Å²) in [7, 11) is 0. The molecular formula is C10H10F3NO2. The third kappa shape index (κ3) is 2.44. The minimum Gasteiger partial charge on any atom is -0.480 e. The highest BCUT2D eigenvalue weighted by atomic mass is 19.2. The molecule has 0 saturated heterocycles. The first-order valence-corrected chi connectivity index (χ1v) is 4.40. The molecule has 0 saturated carbocycles. The fourth-order valence-electron chi connectivity index (χ4n) is 1.04. The summed E-state index contributed by atoms with van der Waals surface area (Å²) in [5.74, 6) is -5.52. The molecule has 1 rings (SSSR count). The van der Waals surface area contributed by atoms with Crippen LogP contribution in [0.25, 0.3) is 0 Å². The van der Waals surface area contributed by atoms with Gasteiger partial charge in [-0.15, -0.1) is 0 Å². The van der Waals surface area contributed by atoms with Gasteiger partial charge >= 0.3 is 5.97 Å². The lowest BCUT2D eigenvalue weighted by Gasteiger charge is -2.22. The summed E-state index contributed by atoms with van der Waals surface area (Å²) in [6.07, 6.45) is 0. The molecule has 0 spiro atoms. The largest absolute Gasteiger partial charge is 0.480 e. The van der Waals surface area contributed by atoms with E-state index >= 15 is 0 Å². The lowest BCUT2D eigenvalue weighted by atomic mass is 10.1. The van der Waals surface area contributed by atoms with Gasteiger partial charge in [0.15, 0.2) is 17.5 Å². The predicted octanol–water partition coefficient (Wildman–Crippen LogP) is 2.38. The smallest absolute Gasteiger partial charge is 0.328 e. The molecule has 0 fully saturated rings. The Kier molecular flexibility index (Phi) is 3.11. The maximum absolute atomic E-state index is 12.8. The summed E-state index contributed by atoms with van der Waals surface area (Å²) in [5, 5.41) is 11.2. The van der Waals surface area contributed by atoms with Crippen molar-refractivity contribution in [1.82, 2.24) is 0 Å². The van der Waals surface area contributed by atoms with Gasteiger partial charge in [-0.2, -0.15) is 0 Å². The number of halogens is 3. The Hall–Kier alpha value is -1.72. The van der Waals surface area contributed by atoms with E-state index in [-0.39, 0.29) is 5.69 Å². The van der Waals surface area contributed by atoms with Gasteiger partial charge in [0.1, 0.15) is 5.54 Å². The average Bonchev–Trinajstić information content (AvgIpc) is 2.13. The fraction of sp³-hybridized carbons (Fsp3) is 0.300. The normalized spacial score (nSPS) is 11.3. The molecule has 88 valence electrons. The number of hydrogen-bond donors (Lipinski definition) is 2. The standard InChI is InChI=1S/C10H10F3NO2/c1-10(2,9(15)16)14-5-3-6(11)8(13)7(12)4-5/h3-4,14H,1-2H3,(H,15,16). The topological polar surface area (TPSA) is 49.3 Å². The van der Waals surface area contributed by atoms with E-state index in [0.29, 0.717) is 12.1 Å². The number of carboxylic acids is 1. The average molecular weight is 233 g/mol. The Labute approximate surface area is 89.9 Å². The van der Waals surface area contributed by atoms with Gasteiger partial charge in [-0.05, 0) is 13.8 Å². The minimum atomic E-state index is -1.58. The molecule has 6 heteroatoms. The molecule has 3 nitrogen and oxygen atoms in total. The summed E-state index contributed by atoms with van der Waals surface area (Å²) >= 11 is 0. The maximum atomic E-state index is 12.8. The Morgan fingerprint density at radius 2 is 1.69 bits per heavy atom. The molecule has 0 aliphatic carbocycles. The van der Waals surface area contributed by atoms with Crippen molar-refractivity contribution < 1.29 is 23.1 Å². The second-order valence-electron chi connectivity index (χ2n) is 3.81. The summed E-state index contributed by atoms with van der Waals surface area (Å²) in [4.78, 5) is 10.7. The van der Waals surface area contributed by atoms with E-state index in [9.17, 15) is 18.0 Å². The summed E-state index contributed by atoms with van der Waals surface area (Å²) < 4.78 is 38.2. The van der Waals surface area contributed by atoms with Gasteiger partial charge < -0.3 is 10.4 Å². The van der Waals surface area contributed by atoms with E-state index in [0.717, 1.165) is 0 Å². The molecule has 0 aromatic heterocycles. The molecular weight excluding hydrogens is 223 g/mol. The van der Waals surface area contributed by atoms with Crippen molar-refractivity contribution >= 4 is 11.7 Å². The van der Waals surface area contributed by atoms with Crippen molar-refractivity contribution in [3.63, 3.8) is 0 Å². The highest BCUT2D eigenvalue weighted by Crippen LogP contribution is 2.20. The first kappa shape index (κ1) is 12.4. The molecule has 0 radical (unpaired) electrons. The van der Waals surface area contributed by atoms with Crippen molar-refractivity contribution in [3.8, 4) is 0 Å². The highest BCUT2D eigenvalue weighted by Gasteiger charge is 2.27. The Morgan fingerprint density at radius 3 is 2.06 bits per heavy atom. The monoisotopic (exact) mass is 233 g/mol. The van der Waals surface area contributed by atoms with E-state index in [4.69, 9.17) is 5.11 Å². The molecule has 0 unspecified atom stereocenters. The number of rotatable bonds is 3. The van der Waals surface area contributed by atoms with Crippen LogP contribution in [0.15, 0.2) is 12.1 Å². The molecule has 16 heavy (non-hydrogen) atoms. The van der Waals surface area contributed by atoms with Gasteiger partial charge in [0.2, 0.25) is 0 Å². The molecule has 1 aromatic rings. The number of hydrogen-bond acceptors (Lipinski definition) is 2. The van der Waals surface area contributed by atoms with Crippen LogP contribution >= 0.6 is 0 Å².